The SMILES string of the molecule is CCOC(=O)C(C)CC(C(=O)OC)C(=O)OC. The lowest BCUT2D eigenvalue weighted by molar-refractivity contribution is -0.160. The molecule has 0 N–H and O–H groups in total. The summed E-state index contributed by atoms with van der Waals surface area (Å²) in [6.07, 6.45) is 0.0121. The molecule has 0 heterocycles. The van der Waals surface area contributed by atoms with Crippen LogP contribution in [0, 0.1) is 11.8 Å². The van der Waals surface area contributed by atoms with Crippen LogP contribution in [0.5, 0.6) is 0 Å². The van der Waals surface area contributed by atoms with Crippen LogP contribution in [0.25, 0.3) is 0 Å². The first-order valence-electron chi connectivity index (χ1n) is 5.30. The Balaban J connectivity index is 4.58. The van der Waals surface area contributed by atoms with Crippen LogP contribution < -0.4 is 0 Å². The Labute approximate surface area is 100 Å². The second-order valence-electron chi connectivity index (χ2n) is 3.49. The molecule has 0 aliphatic rings. The molecular formula is C11H18O6. The smallest absolute Gasteiger partial charge is 0.320 e. The Morgan fingerprint density at radius 1 is 1.00 bits per heavy atom. The van der Waals surface area contributed by atoms with E-state index in [4.69, 9.17) is 4.74 Å². The van der Waals surface area contributed by atoms with Crippen LogP contribution in [-0.4, -0.2) is 38.7 Å². The van der Waals surface area contributed by atoms with E-state index >= 15 is 0 Å². The fourth-order valence-corrected chi connectivity index (χ4v) is 1.31. The quantitative estimate of drug-likeness (QED) is 0.386. The molecular weight excluding hydrogens is 228 g/mol. The highest BCUT2D eigenvalue weighted by Gasteiger charge is 2.32. The van der Waals surface area contributed by atoms with Crippen molar-refractivity contribution in [3.05, 3.63) is 0 Å². The van der Waals surface area contributed by atoms with Crippen molar-refractivity contribution in [2.75, 3.05) is 20.8 Å². The van der Waals surface area contributed by atoms with Gasteiger partial charge in [0.2, 0.25) is 0 Å². The van der Waals surface area contributed by atoms with E-state index in [1.54, 1.807) is 13.8 Å². The van der Waals surface area contributed by atoms with Gasteiger partial charge in [0.25, 0.3) is 0 Å². The molecule has 1 unspecified atom stereocenters. The molecule has 0 aromatic carbocycles. The highest BCUT2D eigenvalue weighted by molar-refractivity contribution is 5.95. The number of esters is 3. The maximum absolute atomic E-state index is 11.4. The van der Waals surface area contributed by atoms with Crippen LogP contribution in [0.1, 0.15) is 20.3 Å². The summed E-state index contributed by atoms with van der Waals surface area (Å²) in [6.45, 7) is 3.52. The minimum Gasteiger partial charge on any atom is -0.468 e. The maximum atomic E-state index is 11.4. The van der Waals surface area contributed by atoms with Crippen molar-refractivity contribution in [1.29, 1.82) is 0 Å². The molecule has 0 bridgehead atoms. The molecule has 0 spiro atoms. The largest absolute Gasteiger partial charge is 0.468 e. The van der Waals surface area contributed by atoms with Gasteiger partial charge in [0.1, 0.15) is 0 Å². The first-order chi connectivity index (χ1) is 7.97. The molecule has 0 rings (SSSR count). The summed E-state index contributed by atoms with van der Waals surface area (Å²) in [4.78, 5) is 34.1. The molecule has 1 atom stereocenters. The van der Waals surface area contributed by atoms with Gasteiger partial charge >= 0.3 is 17.9 Å². The molecule has 0 amide bonds. The first-order valence-corrected chi connectivity index (χ1v) is 5.30. The van der Waals surface area contributed by atoms with Crippen molar-refractivity contribution < 1.29 is 28.6 Å². The average molecular weight is 246 g/mol. The molecule has 6 heteroatoms. The third-order valence-electron chi connectivity index (χ3n) is 2.25. The van der Waals surface area contributed by atoms with Crippen molar-refractivity contribution in [2.45, 2.75) is 20.3 Å². The van der Waals surface area contributed by atoms with Crippen LogP contribution in [0.2, 0.25) is 0 Å². The number of methoxy groups -OCH3 is 2. The summed E-state index contributed by atoms with van der Waals surface area (Å²) in [7, 11) is 2.35. The van der Waals surface area contributed by atoms with Gasteiger partial charge in [0, 0.05) is 0 Å². The number of carbonyl (C=O) groups is 3. The predicted octanol–water partition coefficient (Wildman–Crippen LogP) is 0.538. The van der Waals surface area contributed by atoms with Crippen LogP contribution in [0.4, 0.5) is 0 Å². The van der Waals surface area contributed by atoms with Gasteiger partial charge in [-0.2, -0.15) is 0 Å². The Hall–Kier alpha value is -1.59. The third-order valence-corrected chi connectivity index (χ3v) is 2.25. The van der Waals surface area contributed by atoms with Crippen LogP contribution >= 0.6 is 0 Å². The summed E-state index contributed by atoms with van der Waals surface area (Å²) in [5.41, 5.74) is 0. The monoisotopic (exact) mass is 246 g/mol. The van der Waals surface area contributed by atoms with E-state index in [2.05, 4.69) is 9.47 Å². The van der Waals surface area contributed by atoms with Gasteiger partial charge in [-0.1, -0.05) is 6.92 Å². The number of ether oxygens (including phenoxy) is 3. The van der Waals surface area contributed by atoms with E-state index in [0.29, 0.717) is 0 Å². The normalized spacial score (nSPS) is 11.8. The summed E-state index contributed by atoms with van der Waals surface area (Å²) in [5.74, 6) is -3.55. The minimum absolute atomic E-state index is 0.0121. The van der Waals surface area contributed by atoms with E-state index in [0.717, 1.165) is 0 Å². The number of hydrogen-bond donors (Lipinski definition) is 0. The fraction of sp³-hybridized carbons (Fsp3) is 0.727. The lowest BCUT2D eigenvalue weighted by Crippen LogP contribution is -2.30. The van der Waals surface area contributed by atoms with Crippen molar-refractivity contribution in [3.63, 3.8) is 0 Å². The summed E-state index contributed by atoms with van der Waals surface area (Å²) < 4.78 is 13.8. The Kier molecular flexibility index (Phi) is 6.93. The van der Waals surface area contributed by atoms with Crippen molar-refractivity contribution in [3.8, 4) is 0 Å². The Morgan fingerprint density at radius 3 is 1.82 bits per heavy atom. The molecule has 0 aliphatic heterocycles. The molecule has 6 nitrogen and oxygen atoms in total. The van der Waals surface area contributed by atoms with E-state index in [1.807, 2.05) is 0 Å². The second kappa shape index (κ2) is 7.65. The third kappa shape index (κ3) is 4.84. The highest BCUT2D eigenvalue weighted by Crippen LogP contribution is 2.16. The van der Waals surface area contributed by atoms with E-state index < -0.39 is 29.7 Å². The molecule has 17 heavy (non-hydrogen) atoms. The van der Waals surface area contributed by atoms with Gasteiger partial charge in [-0.25, -0.2) is 0 Å². The summed E-state index contributed by atoms with van der Waals surface area (Å²) >= 11 is 0. The topological polar surface area (TPSA) is 78.9 Å². The fourth-order valence-electron chi connectivity index (χ4n) is 1.31. The predicted molar refractivity (Wildman–Crippen MR) is 57.9 cm³/mol. The molecule has 0 saturated carbocycles. The second-order valence-corrected chi connectivity index (χ2v) is 3.49. The average Bonchev–Trinajstić information content (AvgIpc) is 2.33. The van der Waals surface area contributed by atoms with Crippen molar-refractivity contribution >= 4 is 17.9 Å². The lowest BCUT2D eigenvalue weighted by atomic mass is 9.96. The van der Waals surface area contributed by atoms with Crippen LogP contribution in [0.3, 0.4) is 0 Å². The summed E-state index contributed by atoms with van der Waals surface area (Å²) in [6, 6.07) is 0. The van der Waals surface area contributed by atoms with Crippen molar-refractivity contribution in [2.24, 2.45) is 11.8 Å². The lowest BCUT2D eigenvalue weighted by Gasteiger charge is -2.16. The molecule has 0 fully saturated rings. The van der Waals surface area contributed by atoms with Crippen LogP contribution in [-0.2, 0) is 28.6 Å². The van der Waals surface area contributed by atoms with E-state index in [9.17, 15) is 14.4 Å². The van der Waals surface area contributed by atoms with Gasteiger partial charge in [0.05, 0.1) is 26.7 Å². The van der Waals surface area contributed by atoms with Crippen molar-refractivity contribution in [1.82, 2.24) is 0 Å². The molecule has 0 saturated heterocycles. The molecule has 0 aromatic rings. The number of carbonyl (C=O) groups excluding carboxylic acids is 3. The minimum atomic E-state index is -1.09. The highest BCUT2D eigenvalue weighted by atomic mass is 16.5. The first kappa shape index (κ1) is 15.4. The Morgan fingerprint density at radius 2 is 1.47 bits per heavy atom. The van der Waals surface area contributed by atoms with E-state index in [-0.39, 0.29) is 13.0 Å². The number of hydrogen-bond acceptors (Lipinski definition) is 6. The standard InChI is InChI=1S/C11H18O6/c1-5-17-9(12)7(2)6-8(10(13)15-3)11(14)16-4/h7-8H,5-6H2,1-4H3. The maximum Gasteiger partial charge on any atom is 0.320 e. The zero-order chi connectivity index (χ0) is 13.4. The zero-order valence-electron chi connectivity index (χ0n) is 10.5. The molecule has 0 aliphatic carbocycles. The number of rotatable bonds is 6. The summed E-state index contributed by atoms with van der Waals surface area (Å²) in [5, 5.41) is 0. The molecule has 98 valence electrons. The van der Waals surface area contributed by atoms with Gasteiger partial charge in [0.15, 0.2) is 5.92 Å². The molecule has 0 aromatic heterocycles. The van der Waals surface area contributed by atoms with E-state index in [1.165, 1.54) is 14.2 Å². The van der Waals surface area contributed by atoms with Crippen LogP contribution in [0.15, 0.2) is 0 Å². The van der Waals surface area contributed by atoms with Gasteiger partial charge < -0.3 is 14.2 Å². The van der Waals surface area contributed by atoms with Gasteiger partial charge in [-0.15, -0.1) is 0 Å². The zero-order valence-corrected chi connectivity index (χ0v) is 10.5. The van der Waals surface area contributed by atoms with Gasteiger partial charge in [-0.3, -0.25) is 14.4 Å². The Bertz CT molecular complexity index is 270. The van der Waals surface area contributed by atoms with Gasteiger partial charge in [-0.05, 0) is 13.3 Å². The molecule has 0 radical (unpaired) electrons.